The van der Waals surface area contributed by atoms with Crippen LogP contribution in [0, 0.1) is 0 Å². The number of thiocarbonyl (C=S) groups is 1. The number of benzene rings is 2. The Labute approximate surface area is 176 Å². The minimum atomic E-state index is -0.186. The zero-order valence-corrected chi connectivity index (χ0v) is 17.7. The third-order valence-electron chi connectivity index (χ3n) is 3.97. The Balaban J connectivity index is 1.84. The summed E-state index contributed by atoms with van der Waals surface area (Å²) in [4.78, 5) is 13.5. The molecule has 140 valence electrons. The molecule has 2 aromatic carbocycles. The van der Waals surface area contributed by atoms with Gasteiger partial charge in [-0.1, -0.05) is 39.7 Å². The Morgan fingerprint density at radius 1 is 1.26 bits per heavy atom. The smallest absolute Gasteiger partial charge is 0.276 e. The van der Waals surface area contributed by atoms with Gasteiger partial charge in [0.25, 0.3) is 5.91 Å². The maximum Gasteiger partial charge on any atom is 0.276 e. The summed E-state index contributed by atoms with van der Waals surface area (Å²) in [6, 6.07) is 11.0. The SMILES string of the molecule is COc1cc(/C=C2/NC(=S)N(C)C2=O)c(Br)cc1OCc1ccc(Cl)cc1. The Kier molecular flexibility index (Phi) is 6.04. The van der Waals surface area contributed by atoms with E-state index in [2.05, 4.69) is 21.2 Å². The molecule has 1 aliphatic rings. The molecule has 0 unspecified atom stereocenters. The van der Waals surface area contributed by atoms with Gasteiger partial charge in [0.15, 0.2) is 16.6 Å². The molecule has 1 N–H and O–H groups in total. The van der Waals surface area contributed by atoms with Crippen molar-refractivity contribution >= 4 is 56.8 Å². The topological polar surface area (TPSA) is 50.8 Å². The highest BCUT2D eigenvalue weighted by Gasteiger charge is 2.27. The highest BCUT2D eigenvalue weighted by atomic mass is 79.9. The minimum absolute atomic E-state index is 0.186. The molecule has 0 radical (unpaired) electrons. The number of rotatable bonds is 5. The summed E-state index contributed by atoms with van der Waals surface area (Å²) in [6.45, 7) is 0.375. The van der Waals surface area contributed by atoms with Gasteiger partial charge in [-0.15, -0.1) is 0 Å². The quantitative estimate of drug-likeness (QED) is 0.522. The largest absolute Gasteiger partial charge is 0.493 e. The first-order chi connectivity index (χ1) is 12.9. The molecule has 27 heavy (non-hydrogen) atoms. The monoisotopic (exact) mass is 466 g/mol. The van der Waals surface area contributed by atoms with Gasteiger partial charge in [-0.25, -0.2) is 0 Å². The lowest BCUT2D eigenvalue weighted by atomic mass is 10.1. The second kappa shape index (κ2) is 8.29. The maximum atomic E-state index is 12.2. The molecular formula is C19H16BrClN2O3S. The lowest BCUT2D eigenvalue weighted by Gasteiger charge is -2.13. The van der Waals surface area contributed by atoms with Crippen LogP contribution >= 0.6 is 39.7 Å². The van der Waals surface area contributed by atoms with Gasteiger partial charge in [0.2, 0.25) is 0 Å². The number of halogens is 2. The van der Waals surface area contributed by atoms with Crippen molar-refractivity contribution < 1.29 is 14.3 Å². The number of carbonyl (C=O) groups excluding carboxylic acids is 1. The highest BCUT2D eigenvalue weighted by Crippen LogP contribution is 2.35. The number of amides is 1. The van der Waals surface area contributed by atoms with Crippen LogP contribution < -0.4 is 14.8 Å². The van der Waals surface area contributed by atoms with E-state index in [0.29, 0.717) is 33.9 Å². The molecule has 0 aliphatic carbocycles. The van der Waals surface area contributed by atoms with Crippen molar-refractivity contribution in [3.05, 3.63) is 62.7 Å². The molecule has 0 aromatic heterocycles. The normalized spacial score (nSPS) is 15.3. The number of methoxy groups -OCH3 is 1. The summed E-state index contributed by atoms with van der Waals surface area (Å²) < 4.78 is 12.1. The van der Waals surface area contributed by atoms with E-state index in [-0.39, 0.29) is 5.91 Å². The molecule has 1 fully saturated rings. The van der Waals surface area contributed by atoms with E-state index < -0.39 is 0 Å². The molecule has 1 amide bonds. The predicted octanol–water partition coefficient (Wildman–Crippen LogP) is 4.38. The summed E-state index contributed by atoms with van der Waals surface area (Å²) >= 11 is 14.5. The zero-order valence-electron chi connectivity index (χ0n) is 14.6. The third-order valence-corrected chi connectivity index (χ3v) is 5.29. The van der Waals surface area contributed by atoms with Gasteiger partial charge < -0.3 is 14.8 Å². The van der Waals surface area contributed by atoms with Crippen LogP contribution in [0.2, 0.25) is 5.02 Å². The number of carbonyl (C=O) groups is 1. The number of ether oxygens (including phenoxy) is 2. The first-order valence-corrected chi connectivity index (χ1v) is 9.52. The molecule has 0 atom stereocenters. The molecular weight excluding hydrogens is 452 g/mol. The van der Waals surface area contributed by atoms with Crippen molar-refractivity contribution in [1.82, 2.24) is 10.2 Å². The first kappa shape index (κ1) is 19.7. The summed E-state index contributed by atoms with van der Waals surface area (Å²) in [5.41, 5.74) is 2.15. The molecule has 0 bridgehead atoms. The molecule has 0 saturated carbocycles. The van der Waals surface area contributed by atoms with Crippen LogP contribution in [-0.2, 0) is 11.4 Å². The fourth-order valence-electron chi connectivity index (χ4n) is 2.45. The Morgan fingerprint density at radius 3 is 2.56 bits per heavy atom. The Morgan fingerprint density at radius 2 is 1.96 bits per heavy atom. The van der Waals surface area contributed by atoms with Crippen molar-refractivity contribution in [2.75, 3.05) is 14.2 Å². The fourth-order valence-corrected chi connectivity index (χ4v) is 3.21. The summed E-state index contributed by atoms with van der Waals surface area (Å²) in [5, 5.41) is 3.95. The fraction of sp³-hybridized carbons (Fsp3) is 0.158. The van der Waals surface area contributed by atoms with Crippen molar-refractivity contribution in [3.8, 4) is 11.5 Å². The summed E-state index contributed by atoms with van der Waals surface area (Å²) in [6.07, 6.45) is 1.72. The Hall–Kier alpha value is -2.09. The zero-order chi connectivity index (χ0) is 19.6. The van der Waals surface area contributed by atoms with Crippen molar-refractivity contribution in [3.63, 3.8) is 0 Å². The molecule has 1 saturated heterocycles. The van der Waals surface area contributed by atoms with Gasteiger partial charge in [-0.3, -0.25) is 9.69 Å². The van der Waals surface area contributed by atoms with E-state index in [9.17, 15) is 4.79 Å². The molecule has 3 rings (SSSR count). The second-order valence-electron chi connectivity index (χ2n) is 5.79. The van der Waals surface area contributed by atoms with Gasteiger partial charge in [0.1, 0.15) is 12.3 Å². The lowest BCUT2D eigenvalue weighted by Crippen LogP contribution is -2.25. The Bertz CT molecular complexity index is 931. The van der Waals surface area contributed by atoms with Crippen molar-refractivity contribution in [1.29, 1.82) is 0 Å². The highest BCUT2D eigenvalue weighted by molar-refractivity contribution is 9.10. The average Bonchev–Trinajstić information content (AvgIpc) is 2.89. The number of nitrogens with zero attached hydrogens (tertiary/aromatic N) is 1. The summed E-state index contributed by atoms with van der Waals surface area (Å²) in [5.74, 6) is 0.953. The number of hydrogen-bond acceptors (Lipinski definition) is 4. The molecule has 2 aromatic rings. The van der Waals surface area contributed by atoms with Crippen LogP contribution in [0.1, 0.15) is 11.1 Å². The van der Waals surface area contributed by atoms with E-state index in [4.69, 9.17) is 33.3 Å². The van der Waals surface area contributed by atoms with Crippen molar-refractivity contribution in [2.24, 2.45) is 0 Å². The van der Waals surface area contributed by atoms with Crippen LogP contribution in [0.5, 0.6) is 11.5 Å². The van der Waals surface area contributed by atoms with E-state index in [1.807, 2.05) is 30.3 Å². The van der Waals surface area contributed by atoms with Gasteiger partial charge in [-0.2, -0.15) is 0 Å². The maximum absolute atomic E-state index is 12.2. The summed E-state index contributed by atoms with van der Waals surface area (Å²) in [7, 11) is 3.19. The predicted molar refractivity (Wildman–Crippen MR) is 113 cm³/mol. The average molecular weight is 468 g/mol. The lowest BCUT2D eigenvalue weighted by molar-refractivity contribution is -0.121. The molecule has 8 heteroatoms. The first-order valence-electron chi connectivity index (χ1n) is 7.94. The van der Waals surface area contributed by atoms with Gasteiger partial charge in [-0.05, 0) is 53.7 Å². The van der Waals surface area contributed by atoms with E-state index in [0.717, 1.165) is 15.6 Å². The van der Waals surface area contributed by atoms with Crippen LogP contribution in [-0.4, -0.2) is 30.1 Å². The second-order valence-corrected chi connectivity index (χ2v) is 7.47. The number of nitrogens with one attached hydrogen (secondary N) is 1. The molecule has 5 nitrogen and oxygen atoms in total. The number of hydrogen-bond donors (Lipinski definition) is 1. The van der Waals surface area contributed by atoms with Crippen LogP contribution in [0.15, 0.2) is 46.6 Å². The van der Waals surface area contributed by atoms with E-state index in [1.165, 1.54) is 4.90 Å². The molecule has 0 spiro atoms. The van der Waals surface area contributed by atoms with Gasteiger partial charge in [0.05, 0.1) is 7.11 Å². The number of likely N-dealkylation sites (N-methyl/N-ethyl adjacent to an activating group) is 1. The molecule has 1 aliphatic heterocycles. The van der Waals surface area contributed by atoms with Crippen LogP contribution in [0.3, 0.4) is 0 Å². The van der Waals surface area contributed by atoms with E-state index >= 15 is 0 Å². The van der Waals surface area contributed by atoms with Gasteiger partial charge in [0, 0.05) is 16.5 Å². The van der Waals surface area contributed by atoms with Gasteiger partial charge >= 0.3 is 0 Å². The van der Waals surface area contributed by atoms with Crippen LogP contribution in [0.4, 0.5) is 0 Å². The standard InChI is InChI=1S/C19H16BrClN2O3S/c1-23-18(24)15(22-19(23)27)7-12-8-16(25-2)17(9-14(12)20)26-10-11-3-5-13(21)6-4-11/h3-9H,10H2,1-2H3,(H,22,27)/b15-7+. The third kappa shape index (κ3) is 4.43. The minimum Gasteiger partial charge on any atom is -0.493 e. The van der Waals surface area contributed by atoms with Crippen molar-refractivity contribution in [2.45, 2.75) is 6.61 Å². The van der Waals surface area contributed by atoms with Crippen LogP contribution in [0.25, 0.3) is 6.08 Å². The molecule has 1 heterocycles. The van der Waals surface area contributed by atoms with E-state index in [1.54, 1.807) is 26.3 Å².